The fourth-order valence-corrected chi connectivity index (χ4v) is 2.66. The van der Waals surface area contributed by atoms with E-state index in [1.807, 2.05) is 12.1 Å². The van der Waals surface area contributed by atoms with Crippen molar-refractivity contribution in [2.24, 2.45) is 5.92 Å². The van der Waals surface area contributed by atoms with Crippen LogP contribution in [0.3, 0.4) is 0 Å². The highest BCUT2D eigenvalue weighted by atomic mass is 16.1. The first-order valence-electron chi connectivity index (χ1n) is 6.75. The van der Waals surface area contributed by atoms with Gasteiger partial charge < -0.3 is 15.6 Å². The third-order valence-electron chi connectivity index (χ3n) is 4.01. The SMILES string of the molecule is Cc1[nH]c2ccc(NC(=O)C3CCNC3)cc2c1C. The van der Waals surface area contributed by atoms with Crippen LogP contribution in [0.1, 0.15) is 17.7 Å². The Labute approximate surface area is 112 Å². The number of carbonyl (C=O) groups excluding carboxylic acids is 1. The van der Waals surface area contributed by atoms with Crippen LogP contribution < -0.4 is 10.6 Å². The van der Waals surface area contributed by atoms with Crippen molar-refractivity contribution in [2.45, 2.75) is 20.3 Å². The summed E-state index contributed by atoms with van der Waals surface area (Å²) in [5.41, 5.74) is 4.43. The number of amides is 1. The molecule has 1 unspecified atom stereocenters. The minimum atomic E-state index is 0.102. The molecular weight excluding hydrogens is 238 g/mol. The van der Waals surface area contributed by atoms with Gasteiger partial charge in [0.05, 0.1) is 5.92 Å². The number of hydrogen-bond acceptors (Lipinski definition) is 2. The molecule has 1 atom stereocenters. The highest BCUT2D eigenvalue weighted by Gasteiger charge is 2.22. The molecule has 2 aromatic rings. The Morgan fingerprint density at radius 2 is 2.21 bits per heavy atom. The molecule has 1 aliphatic heterocycles. The molecule has 100 valence electrons. The van der Waals surface area contributed by atoms with Crippen LogP contribution in [0.4, 0.5) is 5.69 Å². The maximum Gasteiger partial charge on any atom is 0.228 e. The van der Waals surface area contributed by atoms with E-state index in [4.69, 9.17) is 0 Å². The van der Waals surface area contributed by atoms with Crippen LogP contribution in [0, 0.1) is 19.8 Å². The third-order valence-corrected chi connectivity index (χ3v) is 4.01. The van der Waals surface area contributed by atoms with Crippen molar-refractivity contribution in [2.75, 3.05) is 18.4 Å². The molecule has 0 saturated carbocycles. The Kier molecular flexibility index (Phi) is 3.03. The molecular formula is C15H19N3O. The Balaban J connectivity index is 1.84. The van der Waals surface area contributed by atoms with Crippen molar-refractivity contribution in [1.29, 1.82) is 0 Å². The predicted octanol–water partition coefficient (Wildman–Crippen LogP) is 2.33. The van der Waals surface area contributed by atoms with Crippen LogP contribution in [0.5, 0.6) is 0 Å². The topological polar surface area (TPSA) is 56.9 Å². The lowest BCUT2D eigenvalue weighted by molar-refractivity contribution is -0.119. The molecule has 1 fully saturated rings. The number of aryl methyl sites for hydroxylation is 2. The minimum absolute atomic E-state index is 0.102. The molecule has 3 N–H and O–H groups in total. The molecule has 0 bridgehead atoms. The lowest BCUT2D eigenvalue weighted by Gasteiger charge is -2.10. The molecule has 3 rings (SSSR count). The van der Waals surface area contributed by atoms with Crippen LogP contribution in [0.25, 0.3) is 10.9 Å². The second-order valence-electron chi connectivity index (χ2n) is 5.31. The quantitative estimate of drug-likeness (QED) is 0.773. The number of hydrogen-bond donors (Lipinski definition) is 3. The van der Waals surface area contributed by atoms with Crippen molar-refractivity contribution >= 4 is 22.5 Å². The second kappa shape index (κ2) is 4.70. The zero-order valence-electron chi connectivity index (χ0n) is 11.3. The van der Waals surface area contributed by atoms with Gasteiger partial charge in [0.1, 0.15) is 0 Å². The lowest BCUT2D eigenvalue weighted by Crippen LogP contribution is -2.24. The summed E-state index contributed by atoms with van der Waals surface area (Å²) < 4.78 is 0. The molecule has 4 nitrogen and oxygen atoms in total. The van der Waals surface area contributed by atoms with E-state index in [0.717, 1.165) is 30.7 Å². The van der Waals surface area contributed by atoms with E-state index < -0.39 is 0 Å². The van der Waals surface area contributed by atoms with Gasteiger partial charge in [-0.15, -0.1) is 0 Å². The van der Waals surface area contributed by atoms with Gasteiger partial charge in [-0.05, 0) is 50.6 Å². The summed E-state index contributed by atoms with van der Waals surface area (Å²) in [6, 6.07) is 6.03. The lowest BCUT2D eigenvalue weighted by atomic mass is 10.1. The van der Waals surface area contributed by atoms with Gasteiger partial charge in [-0.25, -0.2) is 0 Å². The average Bonchev–Trinajstić information content (AvgIpc) is 3.01. The summed E-state index contributed by atoms with van der Waals surface area (Å²) in [6.45, 7) is 5.89. The molecule has 1 aliphatic rings. The first kappa shape index (κ1) is 12.2. The fourth-order valence-electron chi connectivity index (χ4n) is 2.66. The van der Waals surface area contributed by atoms with E-state index in [-0.39, 0.29) is 11.8 Å². The zero-order chi connectivity index (χ0) is 13.4. The largest absolute Gasteiger partial charge is 0.358 e. The maximum atomic E-state index is 12.1. The highest BCUT2D eigenvalue weighted by molar-refractivity contribution is 5.96. The summed E-state index contributed by atoms with van der Waals surface area (Å²) in [6.07, 6.45) is 0.927. The van der Waals surface area contributed by atoms with Gasteiger partial charge >= 0.3 is 0 Å². The Bertz CT molecular complexity index is 624. The van der Waals surface area contributed by atoms with Crippen LogP contribution in [0.15, 0.2) is 18.2 Å². The minimum Gasteiger partial charge on any atom is -0.358 e. The number of anilines is 1. The van der Waals surface area contributed by atoms with Crippen LogP contribution in [-0.2, 0) is 4.79 Å². The number of rotatable bonds is 2. The molecule has 0 spiro atoms. The molecule has 1 aromatic heterocycles. The molecule has 1 aromatic carbocycles. The van der Waals surface area contributed by atoms with Gasteiger partial charge in [0, 0.05) is 28.8 Å². The van der Waals surface area contributed by atoms with Crippen molar-refractivity contribution in [3.63, 3.8) is 0 Å². The van der Waals surface area contributed by atoms with E-state index in [2.05, 4.69) is 35.5 Å². The number of nitrogens with one attached hydrogen (secondary N) is 3. The van der Waals surface area contributed by atoms with E-state index in [1.165, 1.54) is 16.6 Å². The van der Waals surface area contributed by atoms with Gasteiger partial charge in [0.25, 0.3) is 0 Å². The van der Waals surface area contributed by atoms with E-state index >= 15 is 0 Å². The Morgan fingerprint density at radius 1 is 1.37 bits per heavy atom. The fraction of sp³-hybridized carbons (Fsp3) is 0.400. The molecule has 2 heterocycles. The van der Waals surface area contributed by atoms with E-state index in [9.17, 15) is 4.79 Å². The van der Waals surface area contributed by atoms with Crippen molar-refractivity contribution in [1.82, 2.24) is 10.3 Å². The number of fused-ring (bicyclic) bond motifs is 1. The molecule has 19 heavy (non-hydrogen) atoms. The molecule has 4 heteroatoms. The zero-order valence-corrected chi connectivity index (χ0v) is 11.3. The van der Waals surface area contributed by atoms with E-state index in [1.54, 1.807) is 0 Å². The first-order chi connectivity index (χ1) is 9.15. The second-order valence-corrected chi connectivity index (χ2v) is 5.31. The average molecular weight is 257 g/mol. The van der Waals surface area contributed by atoms with Gasteiger partial charge in [0.2, 0.25) is 5.91 Å². The number of H-pyrrole nitrogens is 1. The number of aromatic nitrogens is 1. The van der Waals surface area contributed by atoms with Gasteiger partial charge in [-0.2, -0.15) is 0 Å². The highest BCUT2D eigenvalue weighted by Crippen LogP contribution is 2.25. The Morgan fingerprint density at radius 3 is 2.95 bits per heavy atom. The smallest absolute Gasteiger partial charge is 0.228 e. The molecule has 0 aliphatic carbocycles. The predicted molar refractivity (Wildman–Crippen MR) is 77.4 cm³/mol. The summed E-state index contributed by atoms with van der Waals surface area (Å²) in [5.74, 6) is 0.221. The van der Waals surface area contributed by atoms with Crippen molar-refractivity contribution < 1.29 is 4.79 Å². The van der Waals surface area contributed by atoms with Crippen molar-refractivity contribution in [3.8, 4) is 0 Å². The summed E-state index contributed by atoms with van der Waals surface area (Å²) in [4.78, 5) is 15.4. The van der Waals surface area contributed by atoms with Gasteiger partial charge in [0.15, 0.2) is 0 Å². The molecule has 1 amide bonds. The normalized spacial score (nSPS) is 18.9. The number of benzene rings is 1. The number of aromatic amines is 1. The van der Waals surface area contributed by atoms with Gasteiger partial charge in [-0.3, -0.25) is 4.79 Å². The Hall–Kier alpha value is -1.81. The van der Waals surface area contributed by atoms with Crippen molar-refractivity contribution in [3.05, 3.63) is 29.5 Å². The van der Waals surface area contributed by atoms with Gasteiger partial charge in [-0.1, -0.05) is 0 Å². The summed E-state index contributed by atoms with van der Waals surface area (Å²) in [7, 11) is 0. The number of carbonyl (C=O) groups is 1. The van der Waals surface area contributed by atoms with Crippen LogP contribution in [0.2, 0.25) is 0 Å². The first-order valence-corrected chi connectivity index (χ1v) is 6.75. The van der Waals surface area contributed by atoms with Crippen LogP contribution >= 0.6 is 0 Å². The summed E-state index contributed by atoms with van der Waals surface area (Å²) in [5, 5.41) is 7.42. The summed E-state index contributed by atoms with van der Waals surface area (Å²) >= 11 is 0. The van der Waals surface area contributed by atoms with Crippen LogP contribution in [-0.4, -0.2) is 24.0 Å². The monoisotopic (exact) mass is 257 g/mol. The molecule has 1 saturated heterocycles. The van der Waals surface area contributed by atoms with E-state index in [0.29, 0.717) is 0 Å². The molecule has 0 radical (unpaired) electrons. The third kappa shape index (κ3) is 2.24. The maximum absolute atomic E-state index is 12.1. The standard InChI is InChI=1S/C15H19N3O/c1-9-10(2)17-14-4-3-12(7-13(9)14)18-15(19)11-5-6-16-8-11/h3-4,7,11,16-17H,5-6,8H2,1-2H3,(H,18,19).